The number of aromatic nitrogens is 2. The Kier molecular flexibility index (Phi) is 5.05. The van der Waals surface area contributed by atoms with E-state index >= 15 is 0 Å². The summed E-state index contributed by atoms with van der Waals surface area (Å²) in [4.78, 5) is 23.6. The van der Waals surface area contributed by atoms with Crippen molar-refractivity contribution in [2.24, 2.45) is 5.92 Å². The molecule has 110 valence electrons. The maximum absolute atomic E-state index is 12.3. The maximum Gasteiger partial charge on any atom is 0.249 e. The molecule has 2 N–H and O–H groups in total. The molecule has 1 aromatic heterocycles. The fourth-order valence-corrected chi connectivity index (χ4v) is 3.22. The van der Waals surface area contributed by atoms with Crippen molar-refractivity contribution >= 4 is 28.3 Å². The summed E-state index contributed by atoms with van der Waals surface area (Å²) in [5.41, 5.74) is 0. The fraction of sp³-hybridized carbons (Fsp3) is 0.692. The number of anilines is 1. The highest BCUT2D eigenvalue weighted by Crippen LogP contribution is 2.28. The zero-order chi connectivity index (χ0) is 14.5. The summed E-state index contributed by atoms with van der Waals surface area (Å²) in [5, 5.41) is 14.8. The van der Waals surface area contributed by atoms with Crippen molar-refractivity contribution in [1.29, 1.82) is 0 Å². The van der Waals surface area contributed by atoms with Crippen LogP contribution in [-0.2, 0) is 16.0 Å². The molecule has 6 nitrogen and oxygen atoms in total. The van der Waals surface area contributed by atoms with Crippen molar-refractivity contribution < 1.29 is 9.59 Å². The smallest absolute Gasteiger partial charge is 0.249 e. The van der Waals surface area contributed by atoms with Gasteiger partial charge in [0, 0.05) is 6.92 Å². The molecule has 7 heteroatoms. The Morgan fingerprint density at radius 3 is 2.60 bits per heavy atom. The lowest BCUT2D eigenvalue weighted by atomic mass is 9.97. The van der Waals surface area contributed by atoms with Crippen molar-refractivity contribution in [2.75, 3.05) is 5.32 Å². The molecule has 1 unspecified atom stereocenters. The molecule has 0 saturated heterocycles. The van der Waals surface area contributed by atoms with Gasteiger partial charge in [0.05, 0.1) is 0 Å². The fourth-order valence-electron chi connectivity index (χ4n) is 2.54. The summed E-state index contributed by atoms with van der Waals surface area (Å²) < 4.78 is 0. The number of hydrogen-bond acceptors (Lipinski definition) is 5. The number of nitrogens with zero attached hydrogens (tertiary/aromatic N) is 2. The first-order valence-corrected chi connectivity index (χ1v) is 7.82. The molecule has 20 heavy (non-hydrogen) atoms. The molecular formula is C13H20N4O2S. The van der Waals surface area contributed by atoms with Crippen molar-refractivity contribution in [3.05, 3.63) is 5.01 Å². The number of aryl methyl sites for hydroxylation is 1. The SMILES string of the molecule is CCc1nnc(NC(=O)C(NC(C)=O)C2CCCC2)s1. The first-order valence-electron chi connectivity index (χ1n) is 7.00. The zero-order valence-electron chi connectivity index (χ0n) is 11.8. The molecule has 0 aliphatic heterocycles. The molecule has 1 aliphatic rings. The molecule has 1 saturated carbocycles. The predicted molar refractivity (Wildman–Crippen MR) is 77.5 cm³/mol. The van der Waals surface area contributed by atoms with Crippen LogP contribution in [0.3, 0.4) is 0 Å². The van der Waals surface area contributed by atoms with E-state index in [4.69, 9.17) is 0 Å². The third-order valence-electron chi connectivity index (χ3n) is 3.51. The molecule has 1 atom stereocenters. The summed E-state index contributed by atoms with van der Waals surface area (Å²) in [7, 11) is 0. The lowest BCUT2D eigenvalue weighted by Crippen LogP contribution is -2.47. The highest BCUT2D eigenvalue weighted by molar-refractivity contribution is 7.15. The number of hydrogen-bond donors (Lipinski definition) is 2. The van der Waals surface area contributed by atoms with Crippen LogP contribution in [0.1, 0.15) is 44.5 Å². The Labute approximate surface area is 122 Å². The highest BCUT2D eigenvalue weighted by Gasteiger charge is 2.31. The van der Waals surface area contributed by atoms with Crippen molar-refractivity contribution in [1.82, 2.24) is 15.5 Å². The minimum Gasteiger partial charge on any atom is -0.344 e. The van der Waals surface area contributed by atoms with E-state index in [1.165, 1.54) is 18.3 Å². The van der Waals surface area contributed by atoms with Crippen molar-refractivity contribution in [3.8, 4) is 0 Å². The van der Waals surface area contributed by atoms with Gasteiger partial charge < -0.3 is 5.32 Å². The molecule has 1 fully saturated rings. The Balaban J connectivity index is 2.03. The van der Waals surface area contributed by atoms with Gasteiger partial charge in [0.1, 0.15) is 11.0 Å². The van der Waals surface area contributed by atoms with Crippen molar-refractivity contribution in [3.63, 3.8) is 0 Å². The van der Waals surface area contributed by atoms with E-state index in [-0.39, 0.29) is 17.7 Å². The van der Waals surface area contributed by atoms with Gasteiger partial charge in [-0.05, 0) is 25.2 Å². The Morgan fingerprint density at radius 1 is 1.35 bits per heavy atom. The predicted octanol–water partition coefficient (Wildman–Crippen LogP) is 1.73. The van der Waals surface area contributed by atoms with E-state index in [9.17, 15) is 9.59 Å². The van der Waals surface area contributed by atoms with Crippen LogP contribution in [-0.4, -0.2) is 28.1 Å². The highest BCUT2D eigenvalue weighted by atomic mass is 32.1. The van der Waals surface area contributed by atoms with Crippen LogP contribution < -0.4 is 10.6 Å². The second-order valence-electron chi connectivity index (χ2n) is 5.07. The standard InChI is InChI=1S/C13H20N4O2S/c1-3-10-16-17-13(20-10)15-12(19)11(14-8(2)18)9-6-4-5-7-9/h9,11H,3-7H2,1-2H3,(H,14,18)(H,15,17,19). The summed E-state index contributed by atoms with van der Waals surface area (Å²) in [5.74, 6) is -0.146. The second kappa shape index (κ2) is 6.78. The molecule has 2 amide bonds. The van der Waals surface area contributed by atoms with E-state index in [1.807, 2.05) is 6.92 Å². The van der Waals surface area contributed by atoms with E-state index in [0.717, 1.165) is 37.1 Å². The van der Waals surface area contributed by atoms with E-state index < -0.39 is 6.04 Å². The number of nitrogens with one attached hydrogen (secondary N) is 2. The monoisotopic (exact) mass is 296 g/mol. The normalized spacial score (nSPS) is 16.9. The van der Waals surface area contributed by atoms with Crippen LogP contribution in [0.25, 0.3) is 0 Å². The number of carbonyl (C=O) groups excluding carboxylic acids is 2. The molecule has 1 aliphatic carbocycles. The van der Waals surface area contributed by atoms with Gasteiger partial charge in [-0.3, -0.25) is 14.9 Å². The molecule has 0 spiro atoms. The molecule has 0 aromatic carbocycles. The Hall–Kier alpha value is -1.50. The van der Waals surface area contributed by atoms with Crippen LogP contribution in [0.5, 0.6) is 0 Å². The van der Waals surface area contributed by atoms with E-state index in [1.54, 1.807) is 0 Å². The lowest BCUT2D eigenvalue weighted by molar-refractivity contribution is -0.126. The van der Waals surface area contributed by atoms with Crippen LogP contribution >= 0.6 is 11.3 Å². The quantitative estimate of drug-likeness (QED) is 0.866. The van der Waals surface area contributed by atoms with Gasteiger partial charge in [0.2, 0.25) is 16.9 Å². The van der Waals surface area contributed by atoms with Crippen LogP contribution in [0, 0.1) is 5.92 Å². The Bertz CT molecular complexity index is 482. The van der Waals surface area contributed by atoms with Crippen LogP contribution in [0.4, 0.5) is 5.13 Å². The molecule has 1 heterocycles. The van der Waals surface area contributed by atoms with Gasteiger partial charge in [0.15, 0.2) is 0 Å². The average molecular weight is 296 g/mol. The van der Waals surface area contributed by atoms with Gasteiger partial charge >= 0.3 is 0 Å². The third kappa shape index (κ3) is 3.75. The average Bonchev–Trinajstić information content (AvgIpc) is 3.06. The molecule has 1 aromatic rings. The number of carbonyl (C=O) groups is 2. The Morgan fingerprint density at radius 2 is 2.05 bits per heavy atom. The summed E-state index contributed by atoms with van der Waals surface area (Å²) >= 11 is 1.37. The molecule has 2 rings (SSSR count). The minimum atomic E-state index is -0.469. The van der Waals surface area contributed by atoms with Gasteiger partial charge in [-0.2, -0.15) is 0 Å². The first kappa shape index (κ1) is 14.9. The molecular weight excluding hydrogens is 276 g/mol. The zero-order valence-corrected chi connectivity index (χ0v) is 12.6. The molecule has 0 bridgehead atoms. The molecule has 0 radical (unpaired) electrons. The van der Waals surface area contributed by atoms with Crippen LogP contribution in [0.15, 0.2) is 0 Å². The largest absolute Gasteiger partial charge is 0.344 e. The first-order chi connectivity index (χ1) is 9.60. The number of amides is 2. The summed E-state index contributed by atoms with van der Waals surface area (Å²) in [6.07, 6.45) is 4.99. The summed E-state index contributed by atoms with van der Waals surface area (Å²) in [6, 6.07) is -0.469. The van der Waals surface area contributed by atoms with Gasteiger partial charge in [-0.25, -0.2) is 0 Å². The van der Waals surface area contributed by atoms with Gasteiger partial charge in [0.25, 0.3) is 0 Å². The third-order valence-corrected chi connectivity index (χ3v) is 4.49. The minimum absolute atomic E-state index is 0.177. The topological polar surface area (TPSA) is 84.0 Å². The van der Waals surface area contributed by atoms with E-state index in [2.05, 4.69) is 20.8 Å². The second-order valence-corrected chi connectivity index (χ2v) is 6.13. The van der Waals surface area contributed by atoms with Gasteiger partial charge in [-0.15, -0.1) is 10.2 Å². The van der Waals surface area contributed by atoms with Crippen molar-refractivity contribution in [2.45, 2.75) is 52.0 Å². The lowest BCUT2D eigenvalue weighted by Gasteiger charge is -2.22. The van der Waals surface area contributed by atoms with Crippen LogP contribution in [0.2, 0.25) is 0 Å². The summed E-state index contributed by atoms with van der Waals surface area (Å²) in [6.45, 7) is 3.43. The van der Waals surface area contributed by atoms with Gasteiger partial charge in [-0.1, -0.05) is 31.1 Å². The maximum atomic E-state index is 12.3. The van der Waals surface area contributed by atoms with E-state index in [0.29, 0.717) is 5.13 Å². The number of rotatable bonds is 5.